The molecule has 0 heterocycles. The van der Waals surface area contributed by atoms with Gasteiger partial charge in [-0.15, -0.1) is 0 Å². The lowest BCUT2D eigenvalue weighted by molar-refractivity contribution is -0.386. The highest BCUT2D eigenvalue weighted by Gasteiger charge is 2.21. The van der Waals surface area contributed by atoms with E-state index in [1.807, 2.05) is 0 Å². The van der Waals surface area contributed by atoms with Gasteiger partial charge in [0.1, 0.15) is 0 Å². The van der Waals surface area contributed by atoms with Crippen molar-refractivity contribution in [1.82, 2.24) is 0 Å². The van der Waals surface area contributed by atoms with Crippen molar-refractivity contribution >= 4 is 33.0 Å². The Morgan fingerprint density at radius 1 is 1.14 bits per heavy atom. The van der Waals surface area contributed by atoms with E-state index >= 15 is 0 Å². The van der Waals surface area contributed by atoms with Crippen molar-refractivity contribution in [2.75, 3.05) is 4.72 Å². The smallest absolute Gasteiger partial charge is 0.312 e. The number of rotatable bonds is 4. The third kappa shape index (κ3) is 3.41. The summed E-state index contributed by atoms with van der Waals surface area (Å²) in [5, 5.41) is 20.5. The van der Waals surface area contributed by atoms with Crippen LogP contribution in [0, 0.1) is 10.1 Å². The fourth-order valence-electron chi connectivity index (χ4n) is 1.55. The fraction of sp³-hybridized carbons (Fsp3) is 0. The maximum atomic E-state index is 12.1. The molecule has 0 saturated carbocycles. The van der Waals surface area contributed by atoms with Crippen molar-refractivity contribution in [3.8, 4) is 5.75 Å². The molecule has 0 fully saturated rings. The summed E-state index contributed by atoms with van der Waals surface area (Å²) in [5.74, 6) is -0.606. The number of anilines is 1. The first-order valence-corrected chi connectivity index (χ1v) is 7.41. The number of sulfonamides is 1. The average Bonchev–Trinajstić information content (AvgIpc) is 2.41. The molecule has 2 aromatic carbocycles. The van der Waals surface area contributed by atoms with E-state index < -0.39 is 26.4 Å². The summed E-state index contributed by atoms with van der Waals surface area (Å²) in [6.07, 6.45) is 0. The third-order valence-corrected chi connectivity index (χ3v) is 4.18. The lowest BCUT2D eigenvalue weighted by Gasteiger charge is -2.08. The van der Waals surface area contributed by atoms with Crippen LogP contribution in [-0.2, 0) is 10.0 Å². The van der Waals surface area contributed by atoms with E-state index in [4.69, 9.17) is 11.6 Å². The van der Waals surface area contributed by atoms with Gasteiger partial charge >= 0.3 is 5.69 Å². The minimum absolute atomic E-state index is 0.259. The van der Waals surface area contributed by atoms with Gasteiger partial charge in [0.05, 0.1) is 9.82 Å². The number of phenolic OH excluding ortho intramolecular Hbond substituents is 1. The normalized spacial score (nSPS) is 11.1. The number of hydrogen-bond acceptors (Lipinski definition) is 5. The van der Waals surface area contributed by atoms with Crippen molar-refractivity contribution in [2.45, 2.75) is 4.90 Å². The molecule has 0 bridgehead atoms. The molecule has 2 N–H and O–H groups in total. The molecule has 21 heavy (non-hydrogen) atoms. The van der Waals surface area contributed by atoms with E-state index in [1.165, 1.54) is 24.3 Å². The molecule has 0 aromatic heterocycles. The maximum Gasteiger partial charge on any atom is 0.312 e. The molecule has 0 atom stereocenters. The van der Waals surface area contributed by atoms with Gasteiger partial charge in [-0.2, -0.15) is 0 Å². The highest BCUT2D eigenvalue weighted by atomic mass is 35.5. The zero-order chi connectivity index (χ0) is 15.6. The monoisotopic (exact) mass is 328 g/mol. The van der Waals surface area contributed by atoms with Crippen molar-refractivity contribution in [2.24, 2.45) is 0 Å². The van der Waals surface area contributed by atoms with Crippen LogP contribution in [0.25, 0.3) is 0 Å². The first-order chi connectivity index (χ1) is 9.79. The number of nitro groups is 1. The Kier molecular flexibility index (Phi) is 4.01. The largest absolute Gasteiger partial charge is 0.502 e. The van der Waals surface area contributed by atoms with Crippen molar-refractivity contribution in [3.63, 3.8) is 0 Å². The molecule has 0 aliphatic rings. The van der Waals surface area contributed by atoms with Gasteiger partial charge in [-0.25, -0.2) is 8.42 Å². The Balaban J connectivity index is 2.38. The summed E-state index contributed by atoms with van der Waals surface area (Å²) >= 11 is 5.69. The Morgan fingerprint density at radius 3 is 2.33 bits per heavy atom. The van der Waals surface area contributed by atoms with Crippen LogP contribution in [0.15, 0.2) is 47.4 Å². The van der Waals surface area contributed by atoms with Crippen molar-refractivity contribution in [1.29, 1.82) is 0 Å². The second kappa shape index (κ2) is 5.58. The molecule has 0 amide bonds. The molecule has 0 aliphatic heterocycles. The molecule has 7 nitrogen and oxygen atoms in total. The minimum Gasteiger partial charge on any atom is -0.502 e. The number of nitrogens with zero attached hydrogens (tertiary/aromatic N) is 1. The van der Waals surface area contributed by atoms with Crippen LogP contribution >= 0.6 is 11.6 Å². The zero-order valence-electron chi connectivity index (χ0n) is 10.4. The molecule has 0 radical (unpaired) electrons. The topological polar surface area (TPSA) is 110 Å². The summed E-state index contributed by atoms with van der Waals surface area (Å²) < 4.78 is 26.5. The molecule has 0 unspecified atom stereocenters. The summed E-state index contributed by atoms with van der Waals surface area (Å²) in [4.78, 5) is 9.52. The van der Waals surface area contributed by atoms with Crippen LogP contribution in [0.5, 0.6) is 5.75 Å². The molecule has 0 saturated heterocycles. The molecular formula is C12H9ClN2O5S. The molecule has 0 spiro atoms. The van der Waals surface area contributed by atoms with Crippen LogP contribution in [0.1, 0.15) is 0 Å². The van der Waals surface area contributed by atoms with E-state index in [-0.39, 0.29) is 10.6 Å². The third-order valence-electron chi connectivity index (χ3n) is 2.55. The second-order valence-corrected chi connectivity index (χ2v) is 6.14. The zero-order valence-corrected chi connectivity index (χ0v) is 11.9. The maximum absolute atomic E-state index is 12.1. The average molecular weight is 329 g/mol. The lowest BCUT2D eigenvalue weighted by atomic mass is 10.3. The van der Waals surface area contributed by atoms with Gasteiger partial charge in [-0.05, 0) is 36.4 Å². The number of nitro benzene ring substituents is 1. The van der Waals surface area contributed by atoms with Crippen molar-refractivity contribution in [3.05, 3.63) is 57.6 Å². The fourth-order valence-corrected chi connectivity index (χ4v) is 2.75. The number of hydrogen-bond donors (Lipinski definition) is 2. The van der Waals surface area contributed by atoms with E-state index in [0.29, 0.717) is 5.02 Å². The number of nitrogens with one attached hydrogen (secondary N) is 1. The van der Waals surface area contributed by atoms with Crippen LogP contribution in [-0.4, -0.2) is 18.4 Å². The molecule has 110 valence electrons. The highest BCUT2D eigenvalue weighted by molar-refractivity contribution is 7.92. The van der Waals surface area contributed by atoms with Gasteiger partial charge in [0.2, 0.25) is 0 Å². The number of aromatic hydroxyl groups is 1. The van der Waals surface area contributed by atoms with Gasteiger partial charge in [0.15, 0.2) is 5.75 Å². The SMILES string of the molecule is O=[N+]([O-])c1cc(S(=O)(=O)Nc2ccc(Cl)cc2)ccc1O. The van der Waals surface area contributed by atoms with E-state index in [0.717, 1.165) is 18.2 Å². The number of halogens is 1. The summed E-state index contributed by atoms with van der Waals surface area (Å²) in [7, 11) is -4.01. The predicted molar refractivity (Wildman–Crippen MR) is 77.0 cm³/mol. The lowest BCUT2D eigenvalue weighted by Crippen LogP contribution is -2.13. The highest BCUT2D eigenvalue weighted by Crippen LogP contribution is 2.29. The predicted octanol–water partition coefficient (Wildman–Crippen LogP) is 2.75. The van der Waals surface area contributed by atoms with E-state index in [1.54, 1.807) is 0 Å². The van der Waals surface area contributed by atoms with Crippen LogP contribution in [0.4, 0.5) is 11.4 Å². The van der Waals surface area contributed by atoms with Crippen molar-refractivity contribution < 1.29 is 18.4 Å². The molecule has 9 heteroatoms. The number of benzene rings is 2. The second-order valence-electron chi connectivity index (χ2n) is 4.02. The minimum atomic E-state index is -4.01. The quantitative estimate of drug-likeness (QED) is 0.662. The van der Waals surface area contributed by atoms with Gasteiger partial charge in [0, 0.05) is 16.8 Å². The summed E-state index contributed by atoms with van der Waals surface area (Å²) in [6.45, 7) is 0. The van der Waals surface area contributed by atoms with Gasteiger partial charge in [-0.3, -0.25) is 14.8 Å². The van der Waals surface area contributed by atoms with Crippen LogP contribution in [0.3, 0.4) is 0 Å². The molecule has 2 rings (SSSR count). The van der Waals surface area contributed by atoms with E-state index in [9.17, 15) is 23.6 Å². The molecular weight excluding hydrogens is 320 g/mol. The number of phenols is 1. The summed E-state index contributed by atoms with van der Waals surface area (Å²) in [6, 6.07) is 8.71. The summed E-state index contributed by atoms with van der Waals surface area (Å²) in [5.41, 5.74) is -0.427. The Hall–Kier alpha value is -2.32. The molecule has 2 aromatic rings. The van der Waals surface area contributed by atoms with Gasteiger partial charge in [0.25, 0.3) is 10.0 Å². The van der Waals surface area contributed by atoms with Crippen LogP contribution in [0.2, 0.25) is 5.02 Å². The molecule has 0 aliphatic carbocycles. The van der Waals surface area contributed by atoms with E-state index in [2.05, 4.69) is 4.72 Å². The van der Waals surface area contributed by atoms with Gasteiger partial charge in [-0.1, -0.05) is 11.6 Å². The Morgan fingerprint density at radius 2 is 1.76 bits per heavy atom. The Labute approximate surface area is 125 Å². The first-order valence-electron chi connectivity index (χ1n) is 5.55. The van der Waals surface area contributed by atoms with Gasteiger partial charge < -0.3 is 5.11 Å². The van der Waals surface area contributed by atoms with Crippen LogP contribution < -0.4 is 4.72 Å². The first kappa shape index (κ1) is 15.1. The standard InChI is InChI=1S/C12H9ClN2O5S/c13-8-1-3-9(4-2-8)14-21(19,20)10-5-6-12(16)11(7-10)15(17)18/h1-7,14,16H. The Bertz CT molecular complexity index is 790.